The van der Waals surface area contributed by atoms with Crippen molar-refractivity contribution in [2.45, 2.75) is 19.2 Å². The van der Waals surface area contributed by atoms with Crippen LogP contribution in [0.4, 0.5) is 13.2 Å². The molecule has 1 atom stereocenters. The van der Waals surface area contributed by atoms with E-state index in [1.165, 1.54) is 0 Å². The van der Waals surface area contributed by atoms with Crippen molar-refractivity contribution in [2.24, 2.45) is 0 Å². The molecule has 1 rings (SSSR count). The minimum Gasteiger partial charge on any atom is -0.376 e. The molecule has 1 aromatic carbocycles. The first-order chi connectivity index (χ1) is 6.88. The highest BCUT2D eigenvalue weighted by atomic mass is 19.4. The highest BCUT2D eigenvalue weighted by Gasteiger charge is 2.23. The smallest absolute Gasteiger partial charge is 0.376 e. The molecular weight excluding hydrogens is 205 g/mol. The Labute approximate surface area is 85.5 Å². The van der Waals surface area contributed by atoms with Gasteiger partial charge in [-0.2, -0.15) is 13.2 Å². The summed E-state index contributed by atoms with van der Waals surface area (Å²) in [5, 5.41) is 9.30. The van der Waals surface area contributed by atoms with Crippen molar-refractivity contribution in [3.05, 3.63) is 35.4 Å². The van der Waals surface area contributed by atoms with Crippen LogP contribution in [0.1, 0.15) is 17.2 Å². The van der Waals surface area contributed by atoms with Gasteiger partial charge in [0, 0.05) is 5.92 Å². The molecule has 0 saturated heterocycles. The number of benzene rings is 1. The molecule has 15 heavy (non-hydrogen) atoms. The van der Waals surface area contributed by atoms with E-state index in [0.29, 0.717) is 5.56 Å². The highest BCUT2D eigenvalue weighted by Crippen LogP contribution is 2.16. The van der Waals surface area contributed by atoms with Crippen LogP contribution in [0.15, 0.2) is 24.3 Å². The fourth-order valence-electron chi connectivity index (χ4n) is 0.982. The van der Waals surface area contributed by atoms with E-state index < -0.39 is 12.3 Å². The molecule has 0 aromatic heterocycles. The van der Waals surface area contributed by atoms with Crippen LogP contribution in [-0.4, -0.2) is 11.3 Å². The normalized spacial score (nSPS) is 12.9. The van der Waals surface area contributed by atoms with Crippen molar-refractivity contribution in [1.29, 1.82) is 0 Å². The summed E-state index contributed by atoms with van der Waals surface area (Å²) in [6, 6.07) is 6.50. The van der Waals surface area contributed by atoms with Crippen LogP contribution in [0.3, 0.4) is 0 Å². The minimum absolute atomic E-state index is 0.359. The predicted octanol–water partition coefficient (Wildman–Crippen LogP) is 2.59. The molecule has 1 nitrogen and oxygen atoms in total. The second kappa shape index (κ2) is 4.37. The number of alkyl halides is 3. The Morgan fingerprint density at radius 2 is 1.73 bits per heavy atom. The summed E-state index contributed by atoms with van der Waals surface area (Å²) >= 11 is 0. The Kier molecular flexibility index (Phi) is 3.38. The molecule has 0 spiro atoms. The van der Waals surface area contributed by atoms with Gasteiger partial charge in [-0.05, 0) is 12.5 Å². The van der Waals surface area contributed by atoms with Gasteiger partial charge in [0.15, 0.2) is 0 Å². The molecule has 4 heteroatoms. The second-order valence-electron chi connectivity index (χ2n) is 3.08. The molecule has 0 fully saturated rings. The van der Waals surface area contributed by atoms with Crippen molar-refractivity contribution in [3.8, 4) is 11.8 Å². The van der Waals surface area contributed by atoms with E-state index >= 15 is 0 Å². The Morgan fingerprint density at radius 1 is 1.20 bits per heavy atom. The lowest BCUT2D eigenvalue weighted by atomic mass is 10.1. The Hall–Kier alpha value is -1.47. The van der Waals surface area contributed by atoms with Crippen LogP contribution < -0.4 is 0 Å². The SMILES string of the molecule is Cc1ccc(C(O)C#CC(F)(F)F)cc1. The number of aryl methyl sites for hydroxylation is 1. The van der Waals surface area contributed by atoms with E-state index in [9.17, 15) is 18.3 Å². The Morgan fingerprint density at radius 3 is 2.20 bits per heavy atom. The zero-order chi connectivity index (χ0) is 11.5. The number of halogens is 3. The van der Waals surface area contributed by atoms with Gasteiger partial charge in [0.1, 0.15) is 6.10 Å². The third-order valence-electron chi connectivity index (χ3n) is 1.74. The maximum Gasteiger partial charge on any atom is 0.457 e. The summed E-state index contributed by atoms with van der Waals surface area (Å²) in [5.41, 5.74) is 1.33. The van der Waals surface area contributed by atoms with Crippen molar-refractivity contribution in [2.75, 3.05) is 0 Å². The molecule has 1 N–H and O–H groups in total. The second-order valence-corrected chi connectivity index (χ2v) is 3.08. The number of rotatable bonds is 1. The molecule has 0 heterocycles. The van der Waals surface area contributed by atoms with E-state index in [2.05, 4.69) is 0 Å². The van der Waals surface area contributed by atoms with Crippen molar-refractivity contribution >= 4 is 0 Å². The summed E-state index contributed by atoms with van der Waals surface area (Å²) in [5.74, 6) is 2.77. The Balaban J connectivity index is 2.80. The van der Waals surface area contributed by atoms with Gasteiger partial charge in [0.2, 0.25) is 0 Å². The van der Waals surface area contributed by atoms with Crippen LogP contribution >= 0.6 is 0 Å². The largest absolute Gasteiger partial charge is 0.457 e. The highest BCUT2D eigenvalue weighted by molar-refractivity contribution is 5.28. The monoisotopic (exact) mass is 214 g/mol. The molecule has 0 aliphatic carbocycles. The molecule has 0 bridgehead atoms. The van der Waals surface area contributed by atoms with Crippen LogP contribution in [0.2, 0.25) is 0 Å². The van der Waals surface area contributed by atoms with Gasteiger partial charge in [-0.1, -0.05) is 35.7 Å². The van der Waals surface area contributed by atoms with Crippen LogP contribution in [-0.2, 0) is 0 Å². The predicted molar refractivity (Wildman–Crippen MR) is 50.0 cm³/mol. The summed E-state index contributed by atoms with van der Waals surface area (Å²) in [4.78, 5) is 0. The molecule has 0 saturated carbocycles. The lowest BCUT2D eigenvalue weighted by Gasteiger charge is -2.03. The average Bonchev–Trinajstić information content (AvgIpc) is 2.14. The average molecular weight is 214 g/mol. The van der Waals surface area contributed by atoms with Gasteiger partial charge in [0.25, 0.3) is 0 Å². The lowest BCUT2D eigenvalue weighted by Crippen LogP contribution is -2.03. The van der Waals surface area contributed by atoms with Crippen LogP contribution in [0.25, 0.3) is 0 Å². The third kappa shape index (κ3) is 4.05. The molecular formula is C11H9F3O. The quantitative estimate of drug-likeness (QED) is 0.712. The standard InChI is InChI=1S/C11H9F3O/c1-8-2-4-9(5-3-8)10(15)6-7-11(12,13)14/h2-5,10,15H,1H3. The minimum atomic E-state index is -4.56. The van der Waals surface area contributed by atoms with E-state index in [4.69, 9.17) is 0 Å². The van der Waals surface area contributed by atoms with E-state index in [0.717, 1.165) is 11.5 Å². The molecule has 1 aromatic rings. The molecule has 0 aliphatic rings. The van der Waals surface area contributed by atoms with Gasteiger partial charge in [-0.25, -0.2) is 0 Å². The number of hydrogen-bond donors (Lipinski definition) is 1. The maximum atomic E-state index is 11.7. The van der Waals surface area contributed by atoms with Crippen molar-refractivity contribution in [3.63, 3.8) is 0 Å². The fourth-order valence-corrected chi connectivity index (χ4v) is 0.982. The topological polar surface area (TPSA) is 20.2 Å². The zero-order valence-electron chi connectivity index (χ0n) is 7.97. The fraction of sp³-hybridized carbons (Fsp3) is 0.273. The molecule has 0 radical (unpaired) electrons. The summed E-state index contributed by atoms with van der Waals surface area (Å²) < 4.78 is 35.1. The van der Waals surface area contributed by atoms with Gasteiger partial charge in [-0.3, -0.25) is 0 Å². The van der Waals surface area contributed by atoms with Crippen molar-refractivity contribution in [1.82, 2.24) is 0 Å². The van der Waals surface area contributed by atoms with Crippen LogP contribution in [0.5, 0.6) is 0 Å². The summed E-state index contributed by atoms with van der Waals surface area (Å²) in [7, 11) is 0. The zero-order valence-corrected chi connectivity index (χ0v) is 7.97. The van der Waals surface area contributed by atoms with Crippen LogP contribution in [0, 0.1) is 18.8 Å². The van der Waals surface area contributed by atoms with Gasteiger partial charge in [-0.15, -0.1) is 0 Å². The lowest BCUT2D eigenvalue weighted by molar-refractivity contribution is -0.0700. The van der Waals surface area contributed by atoms with E-state index in [1.807, 2.05) is 6.92 Å². The Bertz CT molecular complexity index is 381. The van der Waals surface area contributed by atoms with E-state index in [1.54, 1.807) is 30.2 Å². The third-order valence-corrected chi connectivity index (χ3v) is 1.74. The van der Waals surface area contributed by atoms with Crippen molar-refractivity contribution < 1.29 is 18.3 Å². The first kappa shape index (κ1) is 11.6. The summed E-state index contributed by atoms with van der Waals surface area (Å²) in [6.45, 7) is 1.84. The maximum absolute atomic E-state index is 11.7. The number of aliphatic hydroxyl groups is 1. The van der Waals surface area contributed by atoms with E-state index in [-0.39, 0.29) is 0 Å². The molecule has 1 unspecified atom stereocenters. The molecule has 80 valence electrons. The first-order valence-electron chi connectivity index (χ1n) is 4.22. The summed E-state index contributed by atoms with van der Waals surface area (Å²) in [6.07, 6.45) is -5.96. The van der Waals surface area contributed by atoms with Gasteiger partial charge in [0.05, 0.1) is 0 Å². The first-order valence-corrected chi connectivity index (χ1v) is 4.22. The van der Waals surface area contributed by atoms with Gasteiger partial charge >= 0.3 is 6.18 Å². The molecule has 0 aliphatic heterocycles. The van der Waals surface area contributed by atoms with Gasteiger partial charge < -0.3 is 5.11 Å². The number of hydrogen-bond acceptors (Lipinski definition) is 1. The molecule has 0 amide bonds. The number of aliphatic hydroxyl groups excluding tert-OH is 1.